The molecule has 0 aliphatic heterocycles. The summed E-state index contributed by atoms with van der Waals surface area (Å²) < 4.78 is 18.0. The van der Waals surface area contributed by atoms with Gasteiger partial charge in [-0.1, -0.05) is 41.4 Å². The number of methoxy groups -OCH3 is 1. The Morgan fingerprint density at radius 1 is 1.00 bits per heavy atom. The summed E-state index contributed by atoms with van der Waals surface area (Å²) in [6.45, 7) is -0.251. The van der Waals surface area contributed by atoms with Crippen molar-refractivity contribution in [3.8, 4) is 11.5 Å². The summed E-state index contributed by atoms with van der Waals surface area (Å²) in [5.74, 6) is 0.0531. The number of nitrogens with zero attached hydrogens (tertiary/aromatic N) is 3. The summed E-state index contributed by atoms with van der Waals surface area (Å²) in [5.41, 5.74) is -1.37. The Morgan fingerprint density at radius 2 is 1.72 bits per heavy atom. The smallest absolute Gasteiger partial charge is 0.413 e. The van der Waals surface area contributed by atoms with E-state index in [0.29, 0.717) is 22.2 Å². The largest absolute Gasteiger partial charge is 0.466 e. The van der Waals surface area contributed by atoms with Crippen LogP contribution in [0.1, 0.15) is 5.56 Å². The van der Waals surface area contributed by atoms with Crippen LogP contribution in [-0.2, 0) is 26.4 Å². The lowest BCUT2D eigenvalue weighted by Crippen LogP contribution is -2.46. The van der Waals surface area contributed by atoms with Gasteiger partial charge in [-0.2, -0.15) is 5.10 Å². The summed E-state index contributed by atoms with van der Waals surface area (Å²) in [7, 11) is 1.18. The predicted molar refractivity (Wildman–Crippen MR) is 133 cm³/mol. The molecule has 1 heterocycles. The molecule has 1 aromatic heterocycles. The van der Waals surface area contributed by atoms with Crippen LogP contribution in [0.25, 0.3) is 0 Å². The van der Waals surface area contributed by atoms with Gasteiger partial charge in [-0.3, -0.25) is 5.32 Å². The van der Waals surface area contributed by atoms with Gasteiger partial charge in [-0.25, -0.2) is 19.3 Å². The van der Waals surface area contributed by atoms with Crippen LogP contribution >= 0.6 is 23.2 Å². The second-order valence-corrected chi connectivity index (χ2v) is 8.33. The number of carbonyl (C=O) groups excluding carboxylic acids is 2. The maximum absolute atomic E-state index is 13.2. The molecule has 36 heavy (non-hydrogen) atoms. The van der Waals surface area contributed by atoms with Crippen LogP contribution in [-0.4, -0.2) is 33.9 Å². The minimum absolute atomic E-state index is 0.0967. The lowest BCUT2D eigenvalue weighted by molar-refractivity contribution is -0.165. The van der Waals surface area contributed by atoms with E-state index in [1.165, 1.54) is 36.6 Å². The van der Waals surface area contributed by atoms with Crippen LogP contribution in [0.2, 0.25) is 10.0 Å². The average Bonchev–Trinajstić information content (AvgIpc) is 3.38. The zero-order valence-electron chi connectivity index (χ0n) is 18.9. The van der Waals surface area contributed by atoms with Gasteiger partial charge in [-0.05, 0) is 54.6 Å². The van der Waals surface area contributed by atoms with Crippen LogP contribution in [0.4, 0.5) is 10.5 Å². The number of esters is 1. The molecule has 3 aromatic carbocycles. The first-order valence-electron chi connectivity index (χ1n) is 10.6. The molecule has 1 amide bonds. The third kappa shape index (κ3) is 5.76. The average molecular weight is 527 g/mol. The first-order valence-corrected chi connectivity index (χ1v) is 11.3. The zero-order chi connectivity index (χ0) is 25.5. The Morgan fingerprint density at radius 3 is 2.36 bits per heavy atom. The highest BCUT2D eigenvalue weighted by molar-refractivity contribution is 6.32. The van der Waals surface area contributed by atoms with Crippen molar-refractivity contribution >= 4 is 41.0 Å². The Bertz CT molecular complexity index is 1330. The van der Waals surface area contributed by atoms with Crippen molar-refractivity contribution in [2.24, 2.45) is 0 Å². The van der Waals surface area contributed by atoms with Gasteiger partial charge >= 0.3 is 12.1 Å². The van der Waals surface area contributed by atoms with Crippen LogP contribution < -0.4 is 10.1 Å². The summed E-state index contributed by atoms with van der Waals surface area (Å²) in [6.07, 6.45) is 1.77. The van der Waals surface area contributed by atoms with Gasteiger partial charge in [0.1, 0.15) is 24.2 Å². The van der Waals surface area contributed by atoms with Crippen molar-refractivity contribution in [1.29, 1.82) is 0 Å². The molecule has 0 saturated heterocycles. The van der Waals surface area contributed by atoms with Crippen LogP contribution in [0.3, 0.4) is 0 Å². The number of rotatable bonds is 8. The fraction of sp³-hybridized carbons (Fsp3) is 0.120. The molecule has 1 N–H and O–H groups in total. The SMILES string of the molecule is COC(=O)C(Cn1cncn1)(OC(=O)Nc1ccccc1)c1ccc(Oc2ccc(Cl)cc2)cc1Cl. The van der Waals surface area contributed by atoms with Crippen molar-refractivity contribution in [2.45, 2.75) is 12.1 Å². The van der Waals surface area contributed by atoms with Gasteiger partial charge in [-0.15, -0.1) is 0 Å². The van der Waals surface area contributed by atoms with E-state index in [4.69, 9.17) is 37.4 Å². The van der Waals surface area contributed by atoms with Crippen LogP contribution in [0.15, 0.2) is 85.5 Å². The van der Waals surface area contributed by atoms with Gasteiger partial charge in [0.15, 0.2) is 0 Å². The molecule has 11 heteroatoms. The van der Waals surface area contributed by atoms with Crippen molar-refractivity contribution in [3.63, 3.8) is 0 Å². The van der Waals surface area contributed by atoms with E-state index in [1.807, 2.05) is 0 Å². The van der Waals surface area contributed by atoms with Gasteiger partial charge in [0, 0.05) is 16.3 Å². The monoisotopic (exact) mass is 526 g/mol. The highest BCUT2D eigenvalue weighted by Gasteiger charge is 2.48. The first-order chi connectivity index (χ1) is 17.4. The molecule has 0 fully saturated rings. The van der Waals surface area contributed by atoms with Crippen molar-refractivity contribution < 1.29 is 23.8 Å². The number of amides is 1. The Labute approximate surface area is 216 Å². The van der Waals surface area contributed by atoms with Gasteiger partial charge in [0.2, 0.25) is 0 Å². The third-order valence-electron chi connectivity index (χ3n) is 5.08. The molecule has 0 bridgehead atoms. The summed E-state index contributed by atoms with van der Waals surface area (Å²) >= 11 is 12.6. The number of benzene rings is 3. The molecule has 0 spiro atoms. The van der Waals surface area contributed by atoms with E-state index in [1.54, 1.807) is 60.7 Å². The second kappa shape index (κ2) is 11.1. The number of anilines is 1. The van der Waals surface area contributed by atoms with Crippen LogP contribution in [0, 0.1) is 0 Å². The standard InChI is InChI=1S/C25H20Cl2N4O5/c1-34-23(32)25(14-31-16-28-15-29-31,36-24(33)30-18-5-3-2-4-6-18)21-12-11-20(13-22(21)27)35-19-9-7-17(26)8-10-19/h2-13,15-16H,14H2,1H3,(H,30,33). The van der Waals surface area contributed by atoms with E-state index < -0.39 is 17.7 Å². The number of para-hydroxylation sites is 1. The topological polar surface area (TPSA) is 105 Å². The first kappa shape index (κ1) is 25.0. The maximum atomic E-state index is 13.2. The molecule has 4 aromatic rings. The minimum atomic E-state index is -2.00. The predicted octanol–water partition coefficient (Wildman–Crippen LogP) is 5.69. The molecular weight excluding hydrogens is 507 g/mol. The molecule has 0 aliphatic rings. The normalized spacial score (nSPS) is 12.3. The lowest BCUT2D eigenvalue weighted by atomic mass is 9.93. The van der Waals surface area contributed by atoms with E-state index >= 15 is 0 Å². The Hall–Kier alpha value is -4.08. The highest BCUT2D eigenvalue weighted by Crippen LogP contribution is 2.38. The molecule has 0 radical (unpaired) electrons. The van der Waals surface area contributed by atoms with E-state index in [9.17, 15) is 9.59 Å². The quantitative estimate of drug-likeness (QED) is 0.294. The van der Waals surface area contributed by atoms with Crippen molar-refractivity contribution in [2.75, 3.05) is 12.4 Å². The number of nitrogens with one attached hydrogen (secondary N) is 1. The van der Waals surface area contributed by atoms with Crippen molar-refractivity contribution in [1.82, 2.24) is 14.8 Å². The number of hydrogen-bond acceptors (Lipinski definition) is 7. The fourth-order valence-corrected chi connectivity index (χ4v) is 3.89. The molecule has 0 aliphatic carbocycles. The molecule has 1 atom stereocenters. The van der Waals surface area contributed by atoms with Crippen LogP contribution in [0.5, 0.6) is 11.5 Å². The number of ether oxygens (including phenoxy) is 3. The molecule has 9 nitrogen and oxygen atoms in total. The maximum Gasteiger partial charge on any atom is 0.413 e. The Balaban J connectivity index is 1.71. The molecule has 4 rings (SSSR count). The number of halogens is 2. The van der Waals surface area contributed by atoms with Gasteiger partial charge < -0.3 is 14.2 Å². The van der Waals surface area contributed by atoms with E-state index in [-0.39, 0.29) is 17.1 Å². The number of carbonyl (C=O) groups is 2. The molecule has 0 saturated carbocycles. The second-order valence-electron chi connectivity index (χ2n) is 7.49. The van der Waals surface area contributed by atoms with E-state index in [2.05, 4.69) is 15.4 Å². The van der Waals surface area contributed by atoms with Crippen molar-refractivity contribution in [3.05, 3.63) is 101 Å². The van der Waals surface area contributed by atoms with Gasteiger partial charge in [0.05, 0.1) is 18.7 Å². The highest BCUT2D eigenvalue weighted by atomic mass is 35.5. The lowest BCUT2D eigenvalue weighted by Gasteiger charge is -2.31. The summed E-state index contributed by atoms with van der Waals surface area (Å²) in [6, 6.07) is 20.0. The zero-order valence-corrected chi connectivity index (χ0v) is 20.4. The van der Waals surface area contributed by atoms with E-state index in [0.717, 1.165) is 0 Å². The molecule has 1 unspecified atom stereocenters. The third-order valence-corrected chi connectivity index (χ3v) is 5.64. The molecule has 184 valence electrons. The fourth-order valence-electron chi connectivity index (χ4n) is 3.44. The number of hydrogen-bond donors (Lipinski definition) is 1. The molecular formula is C25H20Cl2N4O5. The number of aromatic nitrogens is 3. The minimum Gasteiger partial charge on any atom is -0.466 e. The van der Waals surface area contributed by atoms with Gasteiger partial charge in [0.25, 0.3) is 5.60 Å². The Kier molecular flexibility index (Phi) is 7.72. The summed E-state index contributed by atoms with van der Waals surface area (Å²) in [4.78, 5) is 30.1. The summed E-state index contributed by atoms with van der Waals surface area (Å²) in [5, 5.41) is 7.32.